The van der Waals surface area contributed by atoms with Gasteiger partial charge in [0.05, 0.1) is 5.00 Å². The van der Waals surface area contributed by atoms with Crippen LogP contribution in [0.1, 0.15) is 4.88 Å². The maximum atomic E-state index is 10.6. The summed E-state index contributed by atoms with van der Waals surface area (Å²) in [4.78, 5) is 13.3. The van der Waals surface area contributed by atoms with Crippen LogP contribution in [0.25, 0.3) is 6.08 Å². The Balaban J connectivity index is 2.98. The van der Waals surface area contributed by atoms with E-state index < -0.39 is 5.97 Å². The number of carboxylic acid groups (broad SMARTS) is 1. The highest BCUT2D eigenvalue weighted by Gasteiger charge is 2.07. The number of hydrogen-bond donors (Lipinski definition) is 1. The average molecular weight is 222 g/mol. The van der Waals surface area contributed by atoms with E-state index in [0.29, 0.717) is 0 Å². The number of nitrogens with zero attached hydrogens (tertiary/aromatic N) is 2. The number of hydrogen-bond acceptors (Lipinski definition) is 4. The normalized spacial score (nSPS) is 10.9. The second-order valence-corrected chi connectivity index (χ2v) is 4.14. The first-order valence-electron chi connectivity index (χ1n) is 4.17. The highest BCUT2D eigenvalue weighted by Crippen LogP contribution is 2.25. The summed E-state index contributed by atoms with van der Waals surface area (Å²) in [6.07, 6.45) is 1.38. The first-order valence-corrected chi connectivity index (χ1v) is 4.98. The van der Waals surface area contributed by atoms with Gasteiger partial charge in [-0.1, -0.05) is 0 Å². The molecule has 0 fully saturated rings. The summed E-state index contributed by atoms with van der Waals surface area (Å²) < 4.78 is 0. The van der Waals surface area contributed by atoms with Crippen molar-refractivity contribution in [3.63, 3.8) is 0 Å². The molecule has 4 nitrogen and oxygen atoms in total. The maximum Gasteiger partial charge on any atom is 0.346 e. The van der Waals surface area contributed by atoms with Crippen LogP contribution in [0.4, 0.5) is 5.00 Å². The van der Waals surface area contributed by atoms with Gasteiger partial charge in [-0.25, -0.2) is 4.79 Å². The summed E-state index contributed by atoms with van der Waals surface area (Å²) in [5.74, 6) is -1.20. The lowest BCUT2D eigenvalue weighted by molar-refractivity contribution is -0.132. The predicted octanol–water partition coefficient (Wildman–Crippen LogP) is 1.81. The highest BCUT2D eigenvalue weighted by atomic mass is 32.1. The van der Waals surface area contributed by atoms with Gasteiger partial charge in [0.15, 0.2) is 0 Å². The van der Waals surface area contributed by atoms with E-state index in [4.69, 9.17) is 10.4 Å². The fourth-order valence-electron chi connectivity index (χ4n) is 0.944. The zero-order valence-electron chi connectivity index (χ0n) is 8.39. The highest BCUT2D eigenvalue weighted by molar-refractivity contribution is 7.16. The number of anilines is 1. The van der Waals surface area contributed by atoms with Gasteiger partial charge in [0, 0.05) is 19.0 Å². The van der Waals surface area contributed by atoms with E-state index in [1.807, 2.05) is 25.1 Å². The summed E-state index contributed by atoms with van der Waals surface area (Å²) >= 11 is 1.44. The molecule has 0 saturated heterocycles. The standard InChI is InChI=1S/C10H10N2O2S/c1-12(2)9-4-3-8(15-9)5-7(6-11)10(13)14/h3-5H,1-2H3,(H,13,14)/b7-5+. The van der Waals surface area contributed by atoms with Crippen LogP contribution >= 0.6 is 11.3 Å². The quantitative estimate of drug-likeness (QED) is 0.625. The smallest absolute Gasteiger partial charge is 0.346 e. The summed E-state index contributed by atoms with van der Waals surface area (Å²) in [5.41, 5.74) is -0.248. The number of carbonyl (C=O) groups is 1. The molecule has 0 bridgehead atoms. The Morgan fingerprint density at radius 3 is 2.67 bits per heavy atom. The van der Waals surface area contributed by atoms with Crippen molar-refractivity contribution >= 4 is 28.4 Å². The molecule has 1 heterocycles. The lowest BCUT2D eigenvalue weighted by atomic mass is 10.2. The van der Waals surface area contributed by atoms with Crippen molar-refractivity contribution in [3.8, 4) is 6.07 Å². The fourth-order valence-corrected chi connectivity index (χ4v) is 1.82. The number of aliphatic carboxylic acids is 1. The van der Waals surface area contributed by atoms with Crippen molar-refractivity contribution in [1.29, 1.82) is 5.26 Å². The van der Waals surface area contributed by atoms with E-state index in [-0.39, 0.29) is 5.57 Å². The van der Waals surface area contributed by atoms with Crippen LogP contribution < -0.4 is 4.90 Å². The van der Waals surface area contributed by atoms with E-state index in [1.54, 1.807) is 12.1 Å². The molecule has 0 unspecified atom stereocenters. The zero-order chi connectivity index (χ0) is 11.4. The minimum Gasteiger partial charge on any atom is -0.477 e. The molecule has 0 radical (unpaired) electrons. The van der Waals surface area contributed by atoms with E-state index in [1.165, 1.54) is 17.4 Å². The molecule has 0 aliphatic rings. The van der Waals surface area contributed by atoms with Crippen LogP contribution in [0.3, 0.4) is 0 Å². The molecule has 5 heteroatoms. The molecular weight excluding hydrogens is 212 g/mol. The molecule has 0 aromatic carbocycles. The van der Waals surface area contributed by atoms with Gasteiger partial charge >= 0.3 is 5.97 Å². The Morgan fingerprint density at radius 1 is 1.60 bits per heavy atom. The SMILES string of the molecule is CN(C)c1ccc(/C=C(\C#N)C(=O)O)s1. The van der Waals surface area contributed by atoms with Crippen LogP contribution in [-0.2, 0) is 4.79 Å². The van der Waals surface area contributed by atoms with Gasteiger partial charge in [-0.15, -0.1) is 11.3 Å². The fraction of sp³-hybridized carbons (Fsp3) is 0.200. The van der Waals surface area contributed by atoms with Gasteiger partial charge in [-0.3, -0.25) is 0 Å². The Kier molecular flexibility index (Phi) is 3.47. The molecule has 78 valence electrons. The lowest BCUT2D eigenvalue weighted by Crippen LogP contribution is -2.05. The third-order valence-electron chi connectivity index (χ3n) is 1.69. The minimum absolute atomic E-state index is 0.248. The van der Waals surface area contributed by atoms with Crippen molar-refractivity contribution in [2.24, 2.45) is 0 Å². The minimum atomic E-state index is -1.20. The third kappa shape index (κ3) is 2.82. The van der Waals surface area contributed by atoms with Crippen molar-refractivity contribution in [2.75, 3.05) is 19.0 Å². The van der Waals surface area contributed by atoms with Crippen LogP contribution in [0, 0.1) is 11.3 Å². The van der Waals surface area contributed by atoms with Crippen molar-refractivity contribution < 1.29 is 9.90 Å². The molecule has 1 rings (SSSR count). The van der Waals surface area contributed by atoms with Crippen LogP contribution in [-0.4, -0.2) is 25.2 Å². The Morgan fingerprint density at radius 2 is 2.27 bits per heavy atom. The largest absolute Gasteiger partial charge is 0.477 e. The van der Waals surface area contributed by atoms with Gasteiger partial charge in [0.2, 0.25) is 0 Å². The molecule has 0 saturated carbocycles. The second-order valence-electron chi connectivity index (χ2n) is 3.05. The van der Waals surface area contributed by atoms with Crippen LogP contribution in [0.2, 0.25) is 0 Å². The summed E-state index contributed by atoms with van der Waals surface area (Å²) in [6.45, 7) is 0. The van der Waals surface area contributed by atoms with Crippen molar-refractivity contribution in [2.45, 2.75) is 0 Å². The molecular formula is C10H10N2O2S. The first-order chi connectivity index (χ1) is 7.04. The predicted molar refractivity (Wildman–Crippen MR) is 59.9 cm³/mol. The molecule has 0 aliphatic heterocycles. The first kappa shape index (κ1) is 11.3. The average Bonchev–Trinajstić information content (AvgIpc) is 2.61. The topological polar surface area (TPSA) is 64.3 Å². The van der Waals surface area contributed by atoms with E-state index in [0.717, 1.165) is 9.88 Å². The summed E-state index contributed by atoms with van der Waals surface area (Å²) in [6, 6.07) is 5.32. The zero-order valence-corrected chi connectivity index (χ0v) is 9.21. The molecule has 0 amide bonds. The number of rotatable bonds is 3. The Bertz CT molecular complexity index is 441. The Labute approximate surface area is 91.7 Å². The van der Waals surface area contributed by atoms with Gasteiger partial charge in [0.1, 0.15) is 11.6 Å². The van der Waals surface area contributed by atoms with Crippen LogP contribution in [0.15, 0.2) is 17.7 Å². The van der Waals surface area contributed by atoms with Gasteiger partial charge < -0.3 is 10.0 Å². The molecule has 0 atom stereocenters. The Hall–Kier alpha value is -1.80. The molecule has 15 heavy (non-hydrogen) atoms. The van der Waals surface area contributed by atoms with E-state index >= 15 is 0 Å². The molecule has 0 aliphatic carbocycles. The third-order valence-corrected chi connectivity index (χ3v) is 2.89. The summed E-state index contributed by atoms with van der Waals surface area (Å²) in [7, 11) is 3.81. The summed E-state index contributed by atoms with van der Waals surface area (Å²) in [5, 5.41) is 18.2. The molecule has 1 N–H and O–H groups in total. The van der Waals surface area contributed by atoms with E-state index in [2.05, 4.69) is 0 Å². The van der Waals surface area contributed by atoms with Crippen molar-refractivity contribution in [3.05, 3.63) is 22.6 Å². The number of thiophene rings is 1. The molecule has 0 spiro atoms. The lowest BCUT2D eigenvalue weighted by Gasteiger charge is -2.06. The van der Waals surface area contributed by atoms with Gasteiger partial charge in [-0.05, 0) is 18.2 Å². The number of carboxylic acids is 1. The maximum absolute atomic E-state index is 10.6. The molecule has 1 aromatic rings. The van der Waals surface area contributed by atoms with Gasteiger partial charge in [-0.2, -0.15) is 5.26 Å². The monoisotopic (exact) mass is 222 g/mol. The van der Waals surface area contributed by atoms with E-state index in [9.17, 15) is 4.79 Å². The number of nitriles is 1. The van der Waals surface area contributed by atoms with Gasteiger partial charge in [0.25, 0.3) is 0 Å². The van der Waals surface area contributed by atoms with Crippen LogP contribution in [0.5, 0.6) is 0 Å². The van der Waals surface area contributed by atoms with Crippen molar-refractivity contribution in [1.82, 2.24) is 0 Å². The second kappa shape index (κ2) is 4.62. The molecule has 1 aromatic heterocycles.